The summed E-state index contributed by atoms with van der Waals surface area (Å²) in [5.41, 5.74) is 1.89. The molecule has 4 aromatic heterocycles. The second kappa shape index (κ2) is 9.19. The number of pyridine rings is 3. The van der Waals surface area contributed by atoms with Crippen LogP contribution in [0.3, 0.4) is 0 Å². The lowest BCUT2D eigenvalue weighted by atomic mass is 10.1. The van der Waals surface area contributed by atoms with Gasteiger partial charge in [0.15, 0.2) is 0 Å². The number of halogens is 2. The van der Waals surface area contributed by atoms with Gasteiger partial charge in [0.25, 0.3) is 5.56 Å². The lowest BCUT2D eigenvalue weighted by molar-refractivity contribution is 0.590. The van der Waals surface area contributed by atoms with Gasteiger partial charge in [0, 0.05) is 30.1 Å². The van der Waals surface area contributed by atoms with Gasteiger partial charge in [0.1, 0.15) is 11.6 Å². The smallest absolute Gasteiger partial charge is 0.266 e. The number of hydrogen-bond donors (Lipinski definition) is 2. The molecular formula is C25H20ClFN6O2. The number of H-pyrrole nitrogens is 1. The van der Waals surface area contributed by atoms with Crippen molar-refractivity contribution in [3.8, 4) is 5.69 Å². The molecule has 10 heteroatoms. The van der Waals surface area contributed by atoms with Crippen LogP contribution < -0.4 is 16.4 Å². The summed E-state index contributed by atoms with van der Waals surface area (Å²) in [4.78, 5) is 31.6. The van der Waals surface area contributed by atoms with Crippen LogP contribution in [0.5, 0.6) is 0 Å². The topological polar surface area (TPSA) is 97.6 Å². The maximum atomic E-state index is 14.1. The monoisotopic (exact) mass is 490 g/mol. The zero-order valence-electron chi connectivity index (χ0n) is 18.6. The lowest BCUT2D eigenvalue weighted by Gasteiger charge is -2.16. The second-order valence-corrected chi connectivity index (χ2v) is 8.46. The Morgan fingerprint density at radius 3 is 2.74 bits per heavy atom. The Hall–Kier alpha value is -4.24. The summed E-state index contributed by atoms with van der Waals surface area (Å²) in [5, 5.41) is 8.23. The number of aromatic amines is 1. The molecule has 1 unspecified atom stereocenters. The van der Waals surface area contributed by atoms with Crippen molar-refractivity contribution in [3.05, 3.63) is 116 Å². The number of anilines is 1. The van der Waals surface area contributed by atoms with Crippen LogP contribution in [-0.4, -0.2) is 24.3 Å². The number of aromatic nitrogens is 5. The molecule has 5 aromatic rings. The maximum absolute atomic E-state index is 14.1. The molecule has 0 saturated heterocycles. The summed E-state index contributed by atoms with van der Waals surface area (Å²) < 4.78 is 17.1. The predicted molar refractivity (Wildman–Crippen MR) is 133 cm³/mol. The van der Waals surface area contributed by atoms with Crippen molar-refractivity contribution in [2.24, 2.45) is 0 Å². The summed E-state index contributed by atoms with van der Waals surface area (Å²) >= 11 is 6.40. The van der Waals surface area contributed by atoms with E-state index in [0.29, 0.717) is 33.0 Å². The Morgan fingerprint density at radius 1 is 1.14 bits per heavy atom. The summed E-state index contributed by atoms with van der Waals surface area (Å²) in [5.74, 6) is 0.175. The van der Waals surface area contributed by atoms with Crippen LogP contribution in [0.25, 0.3) is 16.6 Å². The van der Waals surface area contributed by atoms with E-state index in [1.165, 1.54) is 29.1 Å². The zero-order chi connectivity index (χ0) is 24.5. The minimum Gasteiger partial charge on any atom is -0.363 e. The van der Waals surface area contributed by atoms with E-state index in [9.17, 15) is 14.0 Å². The van der Waals surface area contributed by atoms with E-state index in [-0.39, 0.29) is 29.5 Å². The molecule has 176 valence electrons. The van der Waals surface area contributed by atoms with Gasteiger partial charge in [0.05, 0.1) is 46.6 Å². The fourth-order valence-electron chi connectivity index (χ4n) is 3.87. The molecule has 0 amide bonds. The summed E-state index contributed by atoms with van der Waals surface area (Å²) in [7, 11) is 0. The standard InChI is InChI=1S/C25H20ClFN6O2/c1-15(16-6-7-24(34)29-11-16)31-23-10-22(19(26)13-28-23)32-9-8-21-18(25(32)35)12-30-33(21)14-17-4-2-3-5-20(17)27/h2-13,15H,14H2,1H3,(H,28,31)(H,29,34). The third-order valence-corrected chi connectivity index (χ3v) is 6.05. The van der Waals surface area contributed by atoms with Gasteiger partial charge in [-0.05, 0) is 24.6 Å². The van der Waals surface area contributed by atoms with Crippen molar-refractivity contribution in [1.82, 2.24) is 24.3 Å². The van der Waals surface area contributed by atoms with Crippen LogP contribution in [0.15, 0.2) is 82.9 Å². The van der Waals surface area contributed by atoms with Crippen LogP contribution in [-0.2, 0) is 6.54 Å². The maximum Gasteiger partial charge on any atom is 0.266 e. The number of nitrogens with one attached hydrogen (secondary N) is 2. The molecule has 2 N–H and O–H groups in total. The van der Waals surface area contributed by atoms with Crippen molar-refractivity contribution < 1.29 is 4.39 Å². The highest BCUT2D eigenvalue weighted by atomic mass is 35.5. The minimum atomic E-state index is -0.329. The quantitative estimate of drug-likeness (QED) is 0.370. The van der Waals surface area contributed by atoms with Crippen LogP contribution in [0.1, 0.15) is 24.1 Å². The van der Waals surface area contributed by atoms with Gasteiger partial charge in [0.2, 0.25) is 5.56 Å². The Bertz CT molecular complexity index is 1640. The Kier molecular flexibility index (Phi) is 5.92. The molecule has 1 aromatic carbocycles. The molecule has 4 heterocycles. The van der Waals surface area contributed by atoms with E-state index in [2.05, 4.69) is 20.4 Å². The minimum absolute atomic E-state index is 0.163. The van der Waals surface area contributed by atoms with E-state index >= 15 is 0 Å². The van der Waals surface area contributed by atoms with Gasteiger partial charge in [-0.2, -0.15) is 5.10 Å². The number of hydrogen-bond acceptors (Lipinski definition) is 5. The summed E-state index contributed by atoms with van der Waals surface area (Å²) in [6.07, 6.45) is 6.19. The van der Waals surface area contributed by atoms with Gasteiger partial charge in [-0.3, -0.25) is 18.8 Å². The molecule has 8 nitrogen and oxygen atoms in total. The first-order valence-corrected chi connectivity index (χ1v) is 11.2. The van der Waals surface area contributed by atoms with Gasteiger partial charge in [-0.25, -0.2) is 9.37 Å². The largest absolute Gasteiger partial charge is 0.363 e. The number of rotatable bonds is 6. The van der Waals surface area contributed by atoms with Crippen LogP contribution in [0, 0.1) is 5.82 Å². The van der Waals surface area contributed by atoms with Gasteiger partial charge < -0.3 is 10.3 Å². The third kappa shape index (κ3) is 4.45. The van der Waals surface area contributed by atoms with Crippen LogP contribution in [0.2, 0.25) is 5.02 Å². The Balaban J connectivity index is 1.47. The molecule has 0 aliphatic carbocycles. The van der Waals surface area contributed by atoms with E-state index in [0.717, 1.165) is 5.56 Å². The molecular weight excluding hydrogens is 471 g/mol. The predicted octanol–water partition coefficient (Wildman–Crippen LogP) is 4.28. The molecule has 0 aliphatic rings. The van der Waals surface area contributed by atoms with Crippen molar-refractivity contribution in [2.45, 2.75) is 19.5 Å². The van der Waals surface area contributed by atoms with E-state index in [1.54, 1.807) is 53.5 Å². The molecule has 0 spiro atoms. The van der Waals surface area contributed by atoms with Crippen molar-refractivity contribution in [2.75, 3.05) is 5.32 Å². The number of nitrogens with zero attached hydrogens (tertiary/aromatic N) is 4. The van der Waals surface area contributed by atoms with Gasteiger partial charge in [-0.1, -0.05) is 35.9 Å². The second-order valence-electron chi connectivity index (χ2n) is 8.06. The van der Waals surface area contributed by atoms with Crippen LogP contribution in [0.4, 0.5) is 10.2 Å². The molecule has 35 heavy (non-hydrogen) atoms. The SMILES string of the molecule is CC(Nc1cc(-n2ccc3c(cnn3Cc3ccccc3F)c2=O)c(Cl)cn1)c1ccc(=O)[nH]c1. The molecule has 0 saturated carbocycles. The first kappa shape index (κ1) is 22.5. The molecule has 1 atom stereocenters. The fraction of sp³-hybridized carbons (Fsp3) is 0.120. The number of fused-ring (bicyclic) bond motifs is 1. The molecule has 0 fully saturated rings. The van der Waals surface area contributed by atoms with Gasteiger partial charge >= 0.3 is 0 Å². The zero-order valence-corrected chi connectivity index (χ0v) is 19.3. The Morgan fingerprint density at radius 2 is 1.97 bits per heavy atom. The van der Waals surface area contributed by atoms with Crippen molar-refractivity contribution >= 4 is 28.3 Å². The average Bonchev–Trinajstić information content (AvgIpc) is 3.26. The highest BCUT2D eigenvalue weighted by Gasteiger charge is 2.15. The Labute approximate surface area is 203 Å². The highest BCUT2D eigenvalue weighted by molar-refractivity contribution is 6.32. The van der Waals surface area contributed by atoms with Crippen LogP contribution >= 0.6 is 11.6 Å². The molecule has 0 bridgehead atoms. The number of benzene rings is 1. The average molecular weight is 491 g/mol. The summed E-state index contributed by atoms with van der Waals surface area (Å²) in [6, 6.07) is 12.9. The van der Waals surface area contributed by atoms with Crippen molar-refractivity contribution in [3.63, 3.8) is 0 Å². The first-order chi connectivity index (χ1) is 16.9. The lowest BCUT2D eigenvalue weighted by Crippen LogP contribution is -2.18. The highest BCUT2D eigenvalue weighted by Crippen LogP contribution is 2.25. The van der Waals surface area contributed by atoms with Gasteiger partial charge in [-0.15, -0.1) is 0 Å². The molecule has 0 aliphatic heterocycles. The normalized spacial score (nSPS) is 12.1. The molecule has 0 radical (unpaired) electrons. The third-order valence-electron chi connectivity index (χ3n) is 5.76. The fourth-order valence-corrected chi connectivity index (χ4v) is 4.06. The van der Waals surface area contributed by atoms with E-state index < -0.39 is 0 Å². The molecule has 5 rings (SSSR count). The van der Waals surface area contributed by atoms with E-state index in [1.807, 2.05) is 6.92 Å². The first-order valence-electron chi connectivity index (χ1n) is 10.8. The van der Waals surface area contributed by atoms with E-state index in [4.69, 9.17) is 11.6 Å². The van der Waals surface area contributed by atoms with Crippen molar-refractivity contribution in [1.29, 1.82) is 0 Å². The summed E-state index contributed by atoms with van der Waals surface area (Å²) in [6.45, 7) is 2.12.